The zero-order chi connectivity index (χ0) is 11.7. The van der Waals surface area contributed by atoms with Gasteiger partial charge in [0.2, 0.25) is 0 Å². The molecular weight excluding hydrogens is 244 g/mol. The summed E-state index contributed by atoms with van der Waals surface area (Å²) in [4.78, 5) is 5.07. The van der Waals surface area contributed by atoms with E-state index in [9.17, 15) is 0 Å². The van der Waals surface area contributed by atoms with Crippen LogP contribution in [0, 0.1) is 18.3 Å². The van der Waals surface area contributed by atoms with E-state index in [4.69, 9.17) is 16.9 Å². The zero-order valence-electron chi connectivity index (χ0n) is 8.99. The summed E-state index contributed by atoms with van der Waals surface area (Å²) < 4.78 is 1.93. The first-order chi connectivity index (χ1) is 7.69. The van der Waals surface area contributed by atoms with Crippen molar-refractivity contribution >= 4 is 27.9 Å². The lowest BCUT2D eigenvalue weighted by molar-refractivity contribution is 0.637. The third-order valence-electron chi connectivity index (χ3n) is 2.34. The van der Waals surface area contributed by atoms with Crippen LogP contribution in [0.5, 0.6) is 0 Å². The molecular formula is C10H11ClN4S. The Kier molecular flexibility index (Phi) is 3.15. The topological polar surface area (TPSA) is 53.1 Å². The van der Waals surface area contributed by atoms with Crippen molar-refractivity contribution in [2.75, 3.05) is 6.54 Å². The first kappa shape index (κ1) is 11.4. The van der Waals surface area contributed by atoms with Gasteiger partial charge in [0, 0.05) is 11.1 Å². The molecule has 0 aliphatic rings. The van der Waals surface area contributed by atoms with E-state index in [1.165, 1.54) is 11.3 Å². The summed E-state index contributed by atoms with van der Waals surface area (Å²) in [6, 6.07) is 1.79. The molecule has 2 rings (SSSR count). The summed E-state index contributed by atoms with van der Waals surface area (Å²) in [5.74, 6) is 0. The number of aromatic nitrogens is 2. The molecule has 1 N–H and O–H groups in total. The van der Waals surface area contributed by atoms with Crippen molar-refractivity contribution < 1.29 is 0 Å². The van der Waals surface area contributed by atoms with E-state index in [0.717, 1.165) is 16.3 Å². The van der Waals surface area contributed by atoms with Crippen molar-refractivity contribution in [2.24, 2.45) is 0 Å². The molecule has 16 heavy (non-hydrogen) atoms. The molecule has 0 spiro atoms. The molecule has 1 unspecified atom stereocenters. The number of nitrogens with one attached hydrogen (secondary N) is 1. The summed E-state index contributed by atoms with van der Waals surface area (Å²) in [6.45, 7) is 4.65. The Balaban J connectivity index is 2.61. The van der Waals surface area contributed by atoms with E-state index >= 15 is 0 Å². The Bertz CT molecular complexity index is 551. The van der Waals surface area contributed by atoms with Crippen LogP contribution in [-0.4, -0.2) is 15.9 Å². The molecule has 84 valence electrons. The summed E-state index contributed by atoms with van der Waals surface area (Å²) >= 11 is 7.60. The van der Waals surface area contributed by atoms with Gasteiger partial charge in [-0.05, 0) is 13.5 Å². The van der Waals surface area contributed by atoms with Crippen LogP contribution >= 0.6 is 22.9 Å². The number of fused-ring (bicyclic) bond motifs is 1. The second kappa shape index (κ2) is 4.42. The Morgan fingerprint density at radius 3 is 3.12 bits per heavy atom. The Labute approximate surface area is 102 Å². The molecule has 6 heteroatoms. The molecule has 0 aromatic carbocycles. The Hall–Kier alpha value is -1.09. The van der Waals surface area contributed by atoms with E-state index in [1.807, 2.05) is 23.6 Å². The summed E-state index contributed by atoms with van der Waals surface area (Å²) in [5, 5.41) is 14.6. The highest BCUT2D eigenvalue weighted by molar-refractivity contribution is 7.15. The van der Waals surface area contributed by atoms with E-state index in [1.54, 1.807) is 0 Å². The fourth-order valence-electron chi connectivity index (χ4n) is 1.65. The van der Waals surface area contributed by atoms with Gasteiger partial charge in [-0.2, -0.15) is 5.26 Å². The number of hydrogen-bond donors (Lipinski definition) is 1. The van der Waals surface area contributed by atoms with Crippen LogP contribution in [0.2, 0.25) is 5.15 Å². The highest BCUT2D eigenvalue weighted by Gasteiger charge is 2.21. The summed E-state index contributed by atoms with van der Waals surface area (Å²) in [7, 11) is 0. The lowest BCUT2D eigenvalue weighted by Gasteiger charge is -2.09. The van der Waals surface area contributed by atoms with Gasteiger partial charge in [-0.1, -0.05) is 18.5 Å². The van der Waals surface area contributed by atoms with E-state index in [2.05, 4.69) is 16.4 Å². The van der Waals surface area contributed by atoms with Crippen LogP contribution in [0.1, 0.15) is 24.4 Å². The van der Waals surface area contributed by atoms with Crippen LogP contribution in [0.4, 0.5) is 0 Å². The molecule has 2 heterocycles. The molecule has 0 fully saturated rings. The second-order valence-electron chi connectivity index (χ2n) is 3.40. The van der Waals surface area contributed by atoms with Crippen molar-refractivity contribution in [3.63, 3.8) is 0 Å². The van der Waals surface area contributed by atoms with Gasteiger partial charge < -0.3 is 0 Å². The molecule has 0 aliphatic heterocycles. The van der Waals surface area contributed by atoms with Gasteiger partial charge in [0.25, 0.3) is 0 Å². The fourth-order valence-corrected chi connectivity index (χ4v) is 2.85. The predicted octanol–water partition coefficient (Wildman–Crippen LogP) is 2.53. The van der Waals surface area contributed by atoms with Crippen molar-refractivity contribution in [3.05, 3.63) is 21.9 Å². The quantitative estimate of drug-likeness (QED) is 0.916. The normalized spacial score (nSPS) is 12.9. The first-order valence-electron chi connectivity index (χ1n) is 4.94. The molecule has 0 bridgehead atoms. The minimum Gasteiger partial charge on any atom is -0.297 e. The maximum atomic E-state index is 9.13. The van der Waals surface area contributed by atoms with Crippen molar-refractivity contribution in [3.8, 4) is 6.07 Å². The van der Waals surface area contributed by atoms with E-state index < -0.39 is 6.04 Å². The standard InChI is InChI=1S/C10H11ClN4S/c1-3-13-7(4-12)8-9(11)14-10-15(8)6(2)5-16-10/h5,7,13H,3H2,1-2H3. The van der Waals surface area contributed by atoms with Crippen molar-refractivity contribution in [2.45, 2.75) is 19.9 Å². The number of nitriles is 1. The number of imidazole rings is 1. The highest BCUT2D eigenvalue weighted by Crippen LogP contribution is 2.28. The third kappa shape index (κ3) is 1.69. The molecule has 2 aromatic heterocycles. The van der Waals surface area contributed by atoms with Gasteiger partial charge in [-0.25, -0.2) is 4.98 Å². The smallest absolute Gasteiger partial charge is 0.195 e. The maximum absolute atomic E-state index is 9.13. The molecule has 0 saturated carbocycles. The minimum absolute atomic E-state index is 0.405. The molecule has 4 nitrogen and oxygen atoms in total. The van der Waals surface area contributed by atoms with E-state index in [-0.39, 0.29) is 0 Å². The first-order valence-corrected chi connectivity index (χ1v) is 6.19. The highest BCUT2D eigenvalue weighted by atomic mass is 35.5. The van der Waals surface area contributed by atoms with Crippen LogP contribution in [0.15, 0.2) is 5.38 Å². The van der Waals surface area contributed by atoms with E-state index in [0.29, 0.717) is 11.7 Å². The largest absolute Gasteiger partial charge is 0.297 e. The minimum atomic E-state index is -0.416. The van der Waals surface area contributed by atoms with Crippen LogP contribution in [-0.2, 0) is 0 Å². The zero-order valence-corrected chi connectivity index (χ0v) is 10.6. The predicted molar refractivity (Wildman–Crippen MR) is 64.8 cm³/mol. The molecule has 0 saturated heterocycles. The van der Waals surface area contributed by atoms with Gasteiger partial charge in [-0.15, -0.1) is 11.3 Å². The molecule has 0 radical (unpaired) electrons. The molecule has 0 amide bonds. The fraction of sp³-hybridized carbons (Fsp3) is 0.400. The molecule has 2 aromatic rings. The SMILES string of the molecule is CCNC(C#N)c1c(Cl)nc2scc(C)n12. The number of hydrogen-bond acceptors (Lipinski definition) is 4. The number of halogens is 1. The van der Waals surface area contributed by atoms with Gasteiger partial charge in [0.15, 0.2) is 10.1 Å². The van der Waals surface area contributed by atoms with Crippen LogP contribution in [0.3, 0.4) is 0 Å². The maximum Gasteiger partial charge on any atom is 0.195 e. The number of thiazole rings is 1. The van der Waals surface area contributed by atoms with Gasteiger partial charge >= 0.3 is 0 Å². The van der Waals surface area contributed by atoms with Crippen molar-refractivity contribution in [1.82, 2.24) is 14.7 Å². The second-order valence-corrected chi connectivity index (χ2v) is 4.60. The lowest BCUT2D eigenvalue weighted by Crippen LogP contribution is -2.21. The van der Waals surface area contributed by atoms with Crippen molar-refractivity contribution in [1.29, 1.82) is 5.26 Å². The summed E-state index contributed by atoms with van der Waals surface area (Å²) in [5.41, 5.74) is 1.78. The molecule has 1 atom stereocenters. The van der Waals surface area contributed by atoms with Crippen LogP contribution < -0.4 is 5.32 Å². The number of nitrogens with zero attached hydrogens (tertiary/aromatic N) is 3. The van der Waals surface area contributed by atoms with Crippen LogP contribution in [0.25, 0.3) is 4.96 Å². The number of rotatable bonds is 3. The Morgan fingerprint density at radius 1 is 1.75 bits per heavy atom. The molecule has 0 aliphatic carbocycles. The third-order valence-corrected chi connectivity index (χ3v) is 3.56. The summed E-state index contributed by atoms with van der Waals surface area (Å²) in [6.07, 6.45) is 0. The Morgan fingerprint density at radius 2 is 2.50 bits per heavy atom. The average molecular weight is 255 g/mol. The van der Waals surface area contributed by atoms with Gasteiger partial charge in [0.05, 0.1) is 11.8 Å². The monoisotopic (exact) mass is 254 g/mol. The van der Waals surface area contributed by atoms with Gasteiger partial charge in [0.1, 0.15) is 6.04 Å². The average Bonchev–Trinajstić information content (AvgIpc) is 2.76. The van der Waals surface area contributed by atoms with Gasteiger partial charge in [-0.3, -0.25) is 9.72 Å². The number of aryl methyl sites for hydroxylation is 1. The lowest BCUT2D eigenvalue weighted by atomic mass is 10.2.